The molecule has 0 radical (unpaired) electrons. The number of hydrogen-bond acceptors (Lipinski definition) is 3. The summed E-state index contributed by atoms with van der Waals surface area (Å²) in [5.41, 5.74) is 1.08. The highest BCUT2D eigenvalue weighted by Gasteiger charge is 2.26. The molecule has 0 aromatic heterocycles. The van der Waals surface area contributed by atoms with Crippen molar-refractivity contribution in [2.75, 3.05) is 7.11 Å². The fraction of sp³-hybridized carbons (Fsp3) is 0.385. The average molecular weight is 233 g/mol. The van der Waals surface area contributed by atoms with Gasteiger partial charge in [0.15, 0.2) is 0 Å². The van der Waals surface area contributed by atoms with Crippen LogP contribution in [0.15, 0.2) is 24.3 Å². The Morgan fingerprint density at radius 2 is 2.00 bits per heavy atom. The highest BCUT2D eigenvalue weighted by molar-refractivity contribution is 5.98. The Bertz CT molecular complexity index is 425. The van der Waals surface area contributed by atoms with Crippen molar-refractivity contribution in [2.24, 2.45) is 5.92 Å². The van der Waals surface area contributed by atoms with Crippen LogP contribution in [0.2, 0.25) is 0 Å². The Morgan fingerprint density at radius 3 is 2.59 bits per heavy atom. The summed E-state index contributed by atoms with van der Waals surface area (Å²) in [5, 5.41) is 2.37. The second-order valence-electron chi connectivity index (χ2n) is 4.20. The summed E-state index contributed by atoms with van der Waals surface area (Å²) in [6.45, 7) is 0. The molecular formula is C13H15NO3. The second-order valence-corrected chi connectivity index (χ2v) is 4.20. The molecule has 2 rings (SSSR count). The number of ether oxygens (including phenoxy) is 1. The number of nitrogens with one attached hydrogen (secondary N) is 1. The van der Waals surface area contributed by atoms with Gasteiger partial charge < -0.3 is 4.74 Å². The molecule has 1 aromatic carbocycles. The molecule has 1 atom stereocenters. The van der Waals surface area contributed by atoms with Gasteiger partial charge in [0.05, 0.1) is 7.11 Å². The van der Waals surface area contributed by atoms with Crippen LogP contribution in [0, 0.1) is 5.92 Å². The number of amides is 2. The van der Waals surface area contributed by atoms with E-state index < -0.39 is 0 Å². The summed E-state index contributed by atoms with van der Waals surface area (Å²) >= 11 is 0. The van der Waals surface area contributed by atoms with Gasteiger partial charge in [0, 0.05) is 12.3 Å². The number of benzene rings is 1. The van der Waals surface area contributed by atoms with Crippen LogP contribution >= 0.6 is 0 Å². The standard InChI is InChI=1S/C13H15NO3/c1-17-11-5-2-9(3-6-11)8-10-4-7-12(15)14-13(10)16/h2-3,5-6,10H,4,7-8H2,1H3,(H,14,15,16)/t10-/m1/s1. The van der Waals surface area contributed by atoms with Crippen LogP contribution in [-0.4, -0.2) is 18.9 Å². The molecule has 1 N–H and O–H groups in total. The lowest BCUT2D eigenvalue weighted by atomic mass is 9.91. The average Bonchev–Trinajstić information content (AvgIpc) is 2.34. The van der Waals surface area contributed by atoms with E-state index in [1.165, 1.54) is 0 Å². The molecule has 2 amide bonds. The number of piperidine rings is 1. The van der Waals surface area contributed by atoms with Crippen molar-refractivity contribution in [3.05, 3.63) is 29.8 Å². The Morgan fingerprint density at radius 1 is 1.29 bits per heavy atom. The van der Waals surface area contributed by atoms with Crippen LogP contribution in [0.3, 0.4) is 0 Å². The number of methoxy groups -OCH3 is 1. The van der Waals surface area contributed by atoms with Gasteiger partial charge in [-0.3, -0.25) is 14.9 Å². The molecule has 0 aliphatic carbocycles. The maximum Gasteiger partial charge on any atom is 0.230 e. The zero-order valence-corrected chi connectivity index (χ0v) is 9.73. The lowest BCUT2D eigenvalue weighted by Gasteiger charge is -2.20. The van der Waals surface area contributed by atoms with Crippen molar-refractivity contribution in [3.63, 3.8) is 0 Å². The fourth-order valence-corrected chi connectivity index (χ4v) is 1.98. The number of rotatable bonds is 3. The van der Waals surface area contributed by atoms with Gasteiger partial charge in [0.25, 0.3) is 0 Å². The first-order chi connectivity index (χ1) is 8.19. The summed E-state index contributed by atoms with van der Waals surface area (Å²) in [6.07, 6.45) is 1.74. The summed E-state index contributed by atoms with van der Waals surface area (Å²) in [7, 11) is 1.62. The molecule has 0 spiro atoms. The van der Waals surface area contributed by atoms with Crippen molar-refractivity contribution in [1.82, 2.24) is 5.32 Å². The van der Waals surface area contributed by atoms with Gasteiger partial charge in [-0.15, -0.1) is 0 Å². The third kappa shape index (κ3) is 2.84. The number of hydrogen-bond donors (Lipinski definition) is 1. The topological polar surface area (TPSA) is 55.4 Å². The molecule has 1 saturated heterocycles. The Kier molecular flexibility index (Phi) is 3.42. The van der Waals surface area contributed by atoms with Gasteiger partial charge in [-0.25, -0.2) is 0 Å². The molecule has 1 heterocycles. The van der Waals surface area contributed by atoms with Gasteiger partial charge in [-0.1, -0.05) is 12.1 Å². The first-order valence-electron chi connectivity index (χ1n) is 5.65. The largest absolute Gasteiger partial charge is 0.497 e. The van der Waals surface area contributed by atoms with Crippen LogP contribution in [0.5, 0.6) is 5.75 Å². The van der Waals surface area contributed by atoms with Crippen molar-refractivity contribution >= 4 is 11.8 Å². The first-order valence-corrected chi connectivity index (χ1v) is 5.65. The molecule has 0 bridgehead atoms. The minimum atomic E-state index is -0.166. The zero-order chi connectivity index (χ0) is 12.3. The van der Waals surface area contributed by atoms with E-state index in [0.29, 0.717) is 19.3 Å². The van der Waals surface area contributed by atoms with E-state index in [9.17, 15) is 9.59 Å². The van der Waals surface area contributed by atoms with Gasteiger partial charge in [-0.05, 0) is 30.5 Å². The predicted octanol–water partition coefficient (Wildman–Crippen LogP) is 1.29. The SMILES string of the molecule is COc1ccc(C[C@H]2CCC(=O)NC2=O)cc1. The van der Waals surface area contributed by atoms with Crippen molar-refractivity contribution in [2.45, 2.75) is 19.3 Å². The molecule has 1 aliphatic heterocycles. The Hall–Kier alpha value is -1.84. The third-order valence-electron chi connectivity index (χ3n) is 2.99. The maximum absolute atomic E-state index is 11.6. The first kappa shape index (κ1) is 11.6. The maximum atomic E-state index is 11.6. The Balaban J connectivity index is 2.00. The Labute approximate surface area is 100.0 Å². The molecule has 1 aliphatic rings. The third-order valence-corrected chi connectivity index (χ3v) is 2.99. The highest BCUT2D eigenvalue weighted by atomic mass is 16.5. The normalized spacial score (nSPS) is 19.9. The van der Waals surface area contributed by atoms with E-state index in [4.69, 9.17) is 4.74 Å². The second kappa shape index (κ2) is 4.99. The summed E-state index contributed by atoms with van der Waals surface area (Å²) < 4.78 is 5.07. The van der Waals surface area contributed by atoms with Crippen LogP contribution in [-0.2, 0) is 16.0 Å². The van der Waals surface area contributed by atoms with E-state index in [1.807, 2.05) is 24.3 Å². The van der Waals surface area contributed by atoms with Crippen LogP contribution < -0.4 is 10.1 Å². The predicted molar refractivity (Wildman–Crippen MR) is 62.6 cm³/mol. The van der Waals surface area contributed by atoms with E-state index in [1.54, 1.807) is 7.11 Å². The molecule has 4 nitrogen and oxygen atoms in total. The molecule has 17 heavy (non-hydrogen) atoms. The van der Waals surface area contributed by atoms with E-state index in [-0.39, 0.29) is 17.7 Å². The van der Waals surface area contributed by atoms with E-state index >= 15 is 0 Å². The molecule has 1 fully saturated rings. The lowest BCUT2D eigenvalue weighted by molar-refractivity contribution is -0.136. The lowest BCUT2D eigenvalue weighted by Crippen LogP contribution is -2.41. The molecule has 0 unspecified atom stereocenters. The van der Waals surface area contributed by atoms with Crippen LogP contribution in [0.1, 0.15) is 18.4 Å². The summed E-state index contributed by atoms with van der Waals surface area (Å²) in [5.74, 6) is 0.385. The summed E-state index contributed by atoms with van der Waals surface area (Å²) in [4.78, 5) is 22.6. The molecule has 1 aromatic rings. The summed E-state index contributed by atoms with van der Waals surface area (Å²) in [6, 6.07) is 7.65. The smallest absolute Gasteiger partial charge is 0.230 e. The highest BCUT2D eigenvalue weighted by Crippen LogP contribution is 2.19. The molecule has 0 saturated carbocycles. The van der Waals surface area contributed by atoms with Crippen molar-refractivity contribution < 1.29 is 14.3 Å². The number of carbonyl (C=O) groups is 2. The quantitative estimate of drug-likeness (QED) is 0.800. The van der Waals surface area contributed by atoms with Crippen LogP contribution in [0.4, 0.5) is 0 Å². The van der Waals surface area contributed by atoms with Gasteiger partial charge in [0.1, 0.15) is 5.75 Å². The zero-order valence-electron chi connectivity index (χ0n) is 9.73. The van der Waals surface area contributed by atoms with Gasteiger partial charge in [-0.2, -0.15) is 0 Å². The molecule has 4 heteroatoms. The molecule has 90 valence electrons. The molecular weight excluding hydrogens is 218 g/mol. The monoisotopic (exact) mass is 233 g/mol. The minimum absolute atomic E-state index is 0.0962. The van der Waals surface area contributed by atoms with Crippen LogP contribution in [0.25, 0.3) is 0 Å². The minimum Gasteiger partial charge on any atom is -0.497 e. The van der Waals surface area contributed by atoms with Gasteiger partial charge >= 0.3 is 0 Å². The fourth-order valence-electron chi connectivity index (χ4n) is 1.98. The number of imide groups is 1. The number of carbonyl (C=O) groups excluding carboxylic acids is 2. The van der Waals surface area contributed by atoms with E-state index in [0.717, 1.165) is 11.3 Å². The van der Waals surface area contributed by atoms with Gasteiger partial charge in [0.2, 0.25) is 11.8 Å². The van der Waals surface area contributed by atoms with Crippen molar-refractivity contribution in [1.29, 1.82) is 0 Å². The van der Waals surface area contributed by atoms with E-state index in [2.05, 4.69) is 5.32 Å². The van der Waals surface area contributed by atoms with Crippen molar-refractivity contribution in [3.8, 4) is 5.75 Å².